The van der Waals surface area contributed by atoms with E-state index in [-0.39, 0.29) is 33.8 Å². The van der Waals surface area contributed by atoms with Crippen LogP contribution in [0.3, 0.4) is 0 Å². The third kappa shape index (κ3) is 4.69. The van der Waals surface area contributed by atoms with Gasteiger partial charge in [-0.1, -0.05) is 11.6 Å². The Kier molecular flexibility index (Phi) is 6.42. The molecule has 0 saturated carbocycles. The first-order valence-corrected chi connectivity index (χ1v) is 11.2. The number of ether oxygens (including phenoxy) is 1. The van der Waals surface area contributed by atoms with Gasteiger partial charge >= 0.3 is 0 Å². The van der Waals surface area contributed by atoms with Crippen molar-refractivity contribution in [1.82, 2.24) is 4.31 Å². The summed E-state index contributed by atoms with van der Waals surface area (Å²) in [7, 11) is -2.38. The Balaban J connectivity index is 1.74. The first-order valence-electron chi connectivity index (χ1n) is 8.61. The number of sulfonamides is 1. The third-order valence-corrected chi connectivity index (χ3v) is 8.12. The van der Waals surface area contributed by atoms with E-state index in [1.54, 1.807) is 0 Å². The quantitative estimate of drug-likeness (QED) is 0.522. The number of halogens is 1. The molecule has 0 spiro atoms. The molecule has 1 aromatic carbocycles. The Labute approximate surface area is 176 Å². The van der Waals surface area contributed by atoms with E-state index < -0.39 is 20.9 Å². The number of anilines is 1. The monoisotopic (exact) mass is 459 g/mol. The van der Waals surface area contributed by atoms with E-state index in [4.69, 9.17) is 16.3 Å². The van der Waals surface area contributed by atoms with Crippen molar-refractivity contribution >= 4 is 50.2 Å². The summed E-state index contributed by atoms with van der Waals surface area (Å²) in [5.41, 5.74) is 0.123. The molecule has 1 atom stereocenters. The number of non-ortho nitro benzene ring substituents is 1. The first kappa shape index (κ1) is 21.5. The van der Waals surface area contributed by atoms with Crippen molar-refractivity contribution in [3.8, 4) is 5.75 Å². The molecule has 2 heterocycles. The molecule has 12 heteroatoms. The molecular formula is C17H18ClN3O6S2. The fraction of sp³-hybridized carbons (Fsp3) is 0.353. The highest BCUT2D eigenvalue weighted by Gasteiger charge is 2.34. The lowest BCUT2D eigenvalue weighted by molar-refractivity contribution is -0.384. The smallest absolute Gasteiger partial charge is 0.273 e. The van der Waals surface area contributed by atoms with E-state index in [0.717, 1.165) is 11.3 Å². The molecule has 0 radical (unpaired) electrons. The summed E-state index contributed by atoms with van der Waals surface area (Å²) in [6, 6.07) is 6.84. The minimum atomic E-state index is -3.72. The van der Waals surface area contributed by atoms with Crippen molar-refractivity contribution in [2.24, 2.45) is 5.92 Å². The van der Waals surface area contributed by atoms with Gasteiger partial charge in [0.2, 0.25) is 5.91 Å². The zero-order chi connectivity index (χ0) is 21.2. The van der Waals surface area contributed by atoms with E-state index in [2.05, 4.69) is 5.32 Å². The number of hydrogen-bond acceptors (Lipinski definition) is 7. The van der Waals surface area contributed by atoms with Gasteiger partial charge < -0.3 is 10.1 Å². The lowest BCUT2D eigenvalue weighted by Gasteiger charge is -2.30. The van der Waals surface area contributed by atoms with Gasteiger partial charge in [0.05, 0.1) is 34.0 Å². The van der Waals surface area contributed by atoms with Gasteiger partial charge in [-0.25, -0.2) is 8.42 Å². The number of thiophene rings is 1. The van der Waals surface area contributed by atoms with Crippen LogP contribution in [0.5, 0.6) is 5.75 Å². The molecule has 0 aliphatic carbocycles. The Morgan fingerprint density at radius 1 is 1.38 bits per heavy atom. The Morgan fingerprint density at radius 2 is 2.14 bits per heavy atom. The Bertz CT molecular complexity index is 1040. The molecule has 0 bridgehead atoms. The van der Waals surface area contributed by atoms with Crippen LogP contribution in [0.25, 0.3) is 0 Å². The fourth-order valence-electron chi connectivity index (χ4n) is 3.07. The summed E-state index contributed by atoms with van der Waals surface area (Å²) >= 11 is 6.82. The van der Waals surface area contributed by atoms with Crippen LogP contribution in [0.2, 0.25) is 4.34 Å². The molecule has 29 heavy (non-hydrogen) atoms. The van der Waals surface area contributed by atoms with E-state index in [1.165, 1.54) is 41.7 Å². The first-order chi connectivity index (χ1) is 13.7. The van der Waals surface area contributed by atoms with Crippen LogP contribution in [-0.4, -0.2) is 43.8 Å². The standard InChI is InChI=1S/C17H18ClN3O6S2/c1-27-14-9-12(21(23)24)4-5-13(14)19-17(22)11-3-2-8-20(10-11)29(25,26)16-7-6-15(18)28-16/h4-7,9,11H,2-3,8,10H2,1H3,(H,19,22). The van der Waals surface area contributed by atoms with Gasteiger partial charge in [-0.15, -0.1) is 11.3 Å². The van der Waals surface area contributed by atoms with Crippen LogP contribution >= 0.6 is 22.9 Å². The van der Waals surface area contributed by atoms with Crippen molar-refractivity contribution < 1.29 is 22.9 Å². The number of nitrogens with zero attached hydrogens (tertiary/aromatic N) is 2. The number of nitro groups is 1. The maximum Gasteiger partial charge on any atom is 0.273 e. The predicted molar refractivity (Wildman–Crippen MR) is 109 cm³/mol. The number of amides is 1. The number of carbonyl (C=O) groups is 1. The second-order valence-corrected chi connectivity index (χ2v) is 10.3. The summed E-state index contributed by atoms with van der Waals surface area (Å²) < 4.78 is 32.5. The minimum absolute atomic E-state index is 0.0407. The zero-order valence-electron chi connectivity index (χ0n) is 15.3. The number of nitrogens with one attached hydrogen (secondary N) is 1. The van der Waals surface area contributed by atoms with Crippen molar-refractivity contribution in [2.45, 2.75) is 17.1 Å². The minimum Gasteiger partial charge on any atom is -0.494 e. The van der Waals surface area contributed by atoms with Gasteiger partial charge in [-0.3, -0.25) is 14.9 Å². The number of piperidine rings is 1. The average molecular weight is 460 g/mol. The number of methoxy groups -OCH3 is 1. The number of hydrogen-bond donors (Lipinski definition) is 1. The maximum absolute atomic E-state index is 12.8. The van der Waals surface area contributed by atoms with E-state index in [1.807, 2.05) is 0 Å². The molecule has 1 aliphatic heterocycles. The normalized spacial score (nSPS) is 17.7. The summed E-state index contributed by atoms with van der Waals surface area (Å²) in [5, 5.41) is 13.6. The number of nitro benzene ring substituents is 1. The molecule has 2 aromatic rings. The molecule has 3 rings (SSSR count). The molecular weight excluding hydrogens is 442 g/mol. The molecule has 1 amide bonds. The van der Waals surface area contributed by atoms with Crippen LogP contribution in [0.1, 0.15) is 12.8 Å². The van der Waals surface area contributed by atoms with Crippen molar-refractivity contribution in [2.75, 3.05) is 25.5 Å². The third-order valence-electron chi connectivity index (χ3n) is 4.55. The van der Waals surface area contributed by atoms with E-state index >= 15 is 0 Å². The highest BCUT2D eigenvalue weighted by molar-refractivity contribution is 7.91. The molecule has 1 fully saturated rings. The molecule has 1 N–H and O–H groups in total. The van der Waals surface area contributed by atoms with Crippen LogP contribution in [0.4, 0.5) is 11.4 Å². The van der Waals surface area contributed by atoms with Gasteiger partial charge in [0.25, 0.3) is 15.7 Å². The predicted octanol–water partition coefficient (Wildman–Crippen LogP) is 3.36. The van der Waals surface area contributed by atoms with Gasteiger partial charge in [0, 0.05) is 19.2 Å². The number of carbonyl (C=O) groups excluding carboxylic acids is 1. The highest BCUT2D eigenvalue weighted by Crippen LogP contribution is 2.32. The molecule has 156 valence electrons. The van der Waals surface area contributed by atoms with Crippen LogP contribution in [0, 0.1) is 16.0 Å². The fourth-order valence-corrected chi connectivity index (χ4v) is 6.23. The maximum atomic E-state index is 12.8. The Hall–Kier alpha value is -2.21. The molecule has 1 saturated heterocycles. The Morgan fingerprint density at radius 3 is 2.76 bits per heavy atom. The van der Waals surface area contributed by atoms with E-state index in [9.17, 15) is 23.3 Å². The molecule has 1 unspecified atom stereocenters. The molecule has 1 aliphatic rings. The van der Waals surface area contributed by atoms with Crippen molar-refractivity contribution in [3.63, 3.8) is 0 Å². The second kappa shape index (κ2) is 8.66. The van der Waals surface area contributed by atoms with Gasteiger partial charge in [-0.05, 0) is 31.0 Å². The average Bonchev–Trinajstić information content (AvgIpc) is 3.15. The van der Waals surface area contributed by atoms with Crippen LogP contribution in [-0.2, 0) is 14.8 Å². The summed E-state index contributed by atoms with van der Waals surface area (Å²) in [5.74, 6) is -0.781. The van der Waals surface area contributed by atoms with Crippen LogP contribution in [0.15, 0.2) is 34.5 Å². The lowest BCUT2D eigenvalue weighted by Crippen LogP contribution is -2.43. The van der Waals surface area contributed by atoms with Gasteiger partial charge in [0.15, 0.2) is 0 Å². The largest absolute Gasteiger partial charge is 0.494 e. The summed E-state index contributed by atoms with van der Waals surface area (Å²) in [6.45, 7) is 0.363. The highest BCUT2D eigenvalue weighted by atomic mass is 35.5. The lowest BCUT2D eigenvalue weighted by atomic mass is 9.98. The van der Waals surface area contributed by atoms with E-state index in [0.29, 0.717) is 23.7 Å². The summed E-state index contributed by atoms with van der Waals surface area (Å²) in [6.07, 6.45) is 1.06. The van der Waals surface area contributed by atoms with Crippen LogP contribution < -0.4 is 10.1 Å². The molecule has 1 aromatic heterocycles. The van der Waals surface area contributed by atoms with Gasteiger partial charge in [0.1, 0.15) is 9.96 Å². The SMILES string of the molecule is COc1cc([N+](=O)[O-])ccc1NC(=O)C1CCCN(S(=O)(=O)c2ccc(Cl)s2)C1. The topological polar surface area (TPSA) is 119 Å². The van der Waals surface area contributed by atoms with Gasteiger partial charge in [-0.2, -0.15) is 4.31 Å². The second-order valence-electron chi connectivity index (χ2n) is 6.39. The van der Waals surface area contributed by atoms with Crippen molar-refractivity contribution in [3.05, 3.63) is 44.8 Å². The number of rotatable bonds is 6. The zero-order valence-corrected chi connectivity index (χ0v) is 17.7. The molecule has 9 nitrogen and oxygen atoms in total. The van der Waals surface area contributed by atoms with Crippen molar-refractivity contribution in [1.29, 1.82) is 0 Å². The summed E-state index contributed by atoms with van der Waals surface area (Å²) in [4.78, 5) is 23.1. The number of benzene rings is 1.